The van der Waals surface area contributed by atoms with Crippen molar-refractivity contribution in [3.63, 3.8) is 0 Å². The lowest BCUT2D eigenvalue weighted by Crippen LogP contribution is -2.05. The molecule has 0 N–H and O–H groups in total. The fourth-order valence-electron chi connectivity index (χ4n) is 1.66. The van der Waals surface area contributed by atoms with E-state index in [1.54, 1.807) is 0 Å². The topological polar surface area (TPSA) is 21.8 Å². The lowest BCUT2D eigenvalue weighted by Gasteiger charge is -2.09. The summed E-state index contributed by atoms with van der Waals surface area (Å²) >= 11 is 0. The van der Waals surface area contributed by atoms with Gasteiger partial charge in [0.2, 0.25) is 0 Å². The van der Waals surface area contributed by atoms with Gasteiger partial charge in [-0.1, -0.05) is 25.5 Å². The summed E-state index contributed by atoms with van der Waals surface area (Å²) in [7, 11) is 0. The molecule has 82 valence electrons. The van der Waals surface area contributed by atoms with Gasteiger partial charge in [0.05, 0.1) is 6.61 Å². The molecule has 0 spiro atoms. The number of hydrogen-bond acceptors (Lipinski definition) is 2. The van der Waals surface area contributed by atoms with E-state index in [9.17, 15) is 0 Å². The van der Waals surface area contributed by atoms with E-state index >= 15 is 0 Å². The zero-order valence-electron chi connectivity index (χ0n) is 9.45. The molecular formula is C13H18O2. The van der Waals surface area contributed by atoms with Crippen LogP contribution in [0.5, 0.6) is 5.75 Å². The Kier molecular flexibility index (Phi) is 3.27. The van der Waals surface area contributed by atoms with Gasteiger partial charge in [-0.2, -0.15) is 0 Å². The van der Waals surface area contributed by atoms with E-state index in [1.807, 2.05) is 0 Å². The maximum absolute atomic E-state index is 5.67. The number of epoxide rings is 1. The van der Waals surface area contributed by atoms with Gasteiger partial charge in [-0.25, -0.2) is 0 Å². The van der Waals surface area contributed by atoms with Crippen LogP contribution < -0.4 is 4.74 Å². The molecule has 2 nitrogen and oxygen atoms in total. The standard InChI is InChI=1S/C13H18O2/c1-3-4-11-5-6-13(10(2)7-11)15-9-12-8-14-12/h5-7,12H,3-4,8-9H2,1-2H3. The summed E-state index contributed by atoms with van der Waals surface area (Å²) < 4.78 is 10.8. The molecule has 1 atom stereocenters. The second-order valence-electron chi connectivity index (χ2n) is 4.12. The number of benzene rings is 1. The predicted octanol–water partition coefficient (Wildman–Crippen LogP) is 2.73. The minimum atomic E-state index is 0.333. The quantitative estimate of drug-likeness (QED) is 0.691. The van der Waals surface area contributed by atoms with Gasteiger partial charge in [0.1, 0.15) is 18.5 Å². The van der Waals surface area contributed by atoms with Crippen LogP contribution in [0.2, 0.25) is 0 Å². The summed E-state index contributed by atoms with van der Waals surface area (Å²) in [5.41, 5.74) is 2.62. The largest absolute Gasteiger partial charge is 0.491 e. The SMILES string of the molecule is CCCc1ccc(OCC2CO2)c(C)c1. The molecule has 0 amide bonds. The van der Waals surface area contributed by atoms with Gasteiger partial charge in [0.15, 0.2) is 0 Å². The van der Waals surface area contributed by atoms with Crippen molar-refractivity contribution >= 4 is 0 Å². The molecule has 1 aliphatic heterocycles. The highest BCUT2D eigenvalue weighted by Crippen LogP contribution is 2.21. The fourth-order valence-corrected chi connectivity index (χ4v) is 1.66. The van der Waals surface area contributed by atoms with Crippen LogP contribution in [0.15, 0.2) is 18.2 Å². The lowest BCUT2D eigenvalue weighted by atomic mass is 10.1. The summed E-state index contributed by atoms with van der Waals surface area (Å²) in [5, 5.41) is 0. The van der Waals surface area contributed by atoms with Gasteiger partial charge >= 0.3 is 0 Å². The first kappa shape index (κ1) is 10.5. The van der Waals surface area contributed by atoms with Crippen LogP contribution in [0, 0.1) is 6.92 Å². The Hall–Kier alpha value is -1.02. The van der Waals surface area contributed by atoms with E-state index in [-0.39, 0.29) is 0 Å². The van der Waals surface area contributed by atoms with Crippen LogP contribution in [0.4, 0.5) is 0 Å². The summed E-state index contributed by atoms with van der Waals surface area (Å²) in [6.07, 6.45) is 2.67. The minimum absolute atomic E-state index is 0.333. The second kappa shape index (κ2) is 4.67. The Morgan fingerprint density at radius 1 is 1.47 bits per heavy atom. The molecule has 2 heteroatoms. The first-order chi connectivity index (χ1) is 7.29. The molecule has 2 rings (SSSR count). The Balaban J connectivity index is 1.97. The van der Waals surface area contributed by atoms with Crippen LogP contribution in [0.25, 0.3) is 0 Å². The first-order valence-corrected chi connectivity index (χ1v) is 5.63. The number of ether oxygens (including phenoxy) is 2. The van der Waals surface area contributed by atoms with Crippen molar-refractivity contribution in [3.8, 4) is 5.75 Å². The average molecular weight is 206 g/mol. The van der Waals surface area contributed by atoms with Gasteiger partial charge in [0, 0.05) is 0 Å². The van der Waals surface area contributed by atoms with Crippen LogP contribution in [-0.4, -0.2) is 19.3 Å². The molecule has 0 bridgehead atoms. The van der Waals surface area contributed by atoms with Crippen molar-refractivity contribution in [1.29, 1.82) is 0 Å². The smallest absolute Gasteiger partial charge is 0.122 e. The van der Waals surface area contributed by atoms with Gasteiger partial charge < -0.3 is 9.47 Å². The van der Waals surface area contributed by atoms with Crippen LogP contribution in [0.1, 0.15) is 24.5 Å². The van der Waals surface area contributed by atoms with Crippen LogP contribution in [-0.2, 0) is 11.2 Å². The molecule has 1 aliphatic rings. The molecule has 0 aliphatic carbocycles. The zero-order chi connectivity index (χ0) is 10.7. The number of hydrogen-bond donors (Lipinski definition) is 0. The Labute approximate surface area is 91.2 Å². The third-order valence-electron chi connectivity index (χ3n) is 2.61. The molecule has 1 aromatic carbocycles. The van der Waals surface area contributed by atoms with E-state index in [1.165, 1.54) is 17.5 Å². The van der Waals surface area contributed by atoms with Crippen LogP contribution >= 0.6 is 0 Å². The summed E-state index contributed by atoms with van der Waals surface area (Å²) in [6, 6.07) is 6.44. The van der Waals surface area contributed by atoms with Crippen LogP contribution in [0.3, 0.4) is 0 Å². The predicted molar refractivity (Wildman–Crippen MR) is 60.4 cm³/mol. The third kappa shape index (κ3) is 2.96. The van der Waals surface area contributed by atoms with E-state index in [0.29, 0.717) is 12.7 Å². The lowest BCUT2D eigenvalue weighted by molar-refractivity contribution is 0.261. The van der Waals surface area contributed by atoms with Gasteiger partial charge in [0.25, 0.3) is 0 Å². The second-order valence-corrected chi connectivity index (χ2v) is 4.12. The van der Waals surface area contributed by atoms with Crippen molar-refractivity contribution in [2.24, 2.45) is 0 Å². The fraction of sp³-hybridized carbons (Fsp3) is 0.538. The zero-order valence-corrected chi connectivity index (χ0v) is 9.45. The normalized spacial score (nSPS) is 18.9. The average Bonchev–Trinajstić information content (AvgIpc) is 3.01. The Morgan fingerprint density at radius 3 is 2.87 bits per heavy atom. The van der Waals surface area contributed by atoms with Crippen molar-refractivity contribution in [2.45, 2.75) is 32.8 Å². The highest BCUT2D eigenvalue weighted by molar-refractivity contribution is 5.36. The highest BCUT2D eigenvalue weighted by Gasteiger charge is 2.23. The molecule has 1 saturated heterocycles. The van der Waals surface area contributed by atoms with Crippen molar-refractivity contribution in [3.05, 3.63) is 29.3 Å². The monoisotopic (exact) mass is 206 g/mol. The maximum atomic E-state index is 5.67. The Bertz CT molecular complexity index is 329. The molecule has 15 heavy (non-hydrogen) atoms. The van der Waals surface area contributed by atoms with E-state index in [2.05, 4.69) is 32.0 Å². The number of aryl methyl sites for hydroxylation is 2. The molecule has 0 aromatic heterocycles. The maximum Gasteiger partial charge on any atom is 0.122 e. The molecule has 1 heterocycles. The molecule has 1 unspecified atom stereocenters. The van der Waals surface area contributed by atoms with E-state index in [4.69, 9.17) is 9.47 Å². The van der Waals surface area contributed by atoms with Crippen molar-refractivity contribution < 1.29 is 9.47 Å². The molecule has 0 radical (unpaired) electrons. The van der Waals surface area contributed by atoms with E-state index < -0.39 is 0 Å². The summed E-state index contributed by atoms with van der Waals surface area (Å²) in [5.74, 6) is 0.991. The molecular weight excluding hydrogens is 188 g/mol. The van der Waals surface area contributed by atoms with E-state index in [0.717, 1.165) is 18.8 Å². The molecule has 1 aromatic rings. The third-order valence-corrected chi connectivity index (χ3v) is 2.61. The number of rotatable bonds is 5. The van der Waals surface area contributed by atoms with Crippen molar-refractivity contribution in [2.75, 3.05) is 13.2 Å². The summed E-state index contributed by atoms with van der Waals surface area (Å²) in [6.45, 7) is 5.84. The van der Waals surface area contributed by atoms with Gasteiger partial charge in [-0.05, 0) is 30.5 Å². The summed E-state index contributed by atoms with van der Waals surface area (Å²) in [4.78, 5) is 0. The highest BCUT2D eigenvalue weighted by atomic mass is 16.6. The minimum Gasteiger partial charge on any atom is -0.491 e. The van der Waals surface area contributed by atoms with Gasteiger partial charge in [-0.3, -0.25) is 0 Å². The Morgan fingerprint density at radius 2 is 2.27 bits per heavy atom. The molecule has 0 saturated carbocycles. The van der Waals surface area contributed by atoms with Crippen molar-refractivity contribution in [1.82, 2.24) is 0 Å². The first-order valence-electron chi connectivity index (χ1n) is 5.63. The van der Waals surface area contributed by atoms with Gasteiger partial charge in [-0.15, -0.1) is 0 Å². The molecule has 1 fully saturated rings.